The molecular weight excluding hydrogens is 354 g/mol. The van der Waals surface area contributed by atoms with E-state index in [-0.39, 0.29) is 6.09 Å². The van der Waals surface area contributed by atoms with E-state index in [9.17, 15) is 4.79 Å². The van der Waals surface area contributed by atoms with Gasteiger partial charge in [0.2, 0.25) is 0 Å². The van der Waals surface area contributed by atoms with Crippen molar-refractivity contribution in [1.82, 2.24) is 5.32 Å². The van der Waals surface area contributed by atoms with Gasteiger partial charge in [0.1, 0.15) is 6.61 Å². The maximum absolute atomic E-state index is 11.7. The van der Waals surface area contributed by atoms with Gasteiger partial charge in [-0.2, -0.15) is 0 Å². The van der Waals surface area contributed by atoms with Gasteiger partial charge in [-0.3, -0.25) is 0 Å². The molecule has 1 aliphatic carbocycles. The van der Waals surface area contributed by atoms with Gasteiger partial charge in [0.05, 0.1) is 0 Å². The van der Waals surface area contributed by atoms with Gasteiger partial charge >= 0.3 is 6.09 Å². The van der Waals surface area contributed by atoms with Crippen LogP contribution in [-0.4, -0.2) is 12.6 Å². The molecule has 3 nitrogen and oxygen atoms in total. The van der Waals surface area contributed by atoms with Crippen LogP contribution >= 0.6 is 15.9 Å². The van der Waals surface area contributed by atoms with Gasteiger partial charge in [0.25, 0.3) is 0 Å². The van der Waals surface area contributed by atoms with Crippen LogP contribution in [0.25, 0.3) is 0 Å². The molecule has 0 atom stereocenters. The molecule has 0 unspecified atom stereocenters. The van der Waals surface area contributed by atoms with Crippen LogP contribution in [0.4, 0.5) is 4.79 Å². The van der Waals surface area contributed by atoms with Crippen molar-refractivity contribution >= 4 is 22.0 Å². The number of halogens is 1. The van der Waals surface area contributed by atoms with Gasteiger partial charge in [-0.25, -0.2) is 4.79 Å². The van der Waals surface area contributed by atoms with E-state index in [4.69, 9.17) is 4.74 Å². The lowest BCUT2D eigenvalue weighted by Crippen LogP contribution is -2.35. The van der Waals surface area contributed by atoms with Crippen LogP contribution in [0.15, 0.2) is 59.1 Å². The summed E-state index contributed by atoms with van der Waals surface area (Å²) in [5, 5.41) is 2.87. The monoisotopic (exact) mass is 373 g/mol. The Morgan fingerprint density at radius 2 is 1.78 bits per heavy atom. The summed E-state index contributed by atoms with van der Waals surface area (Å²) in [6.45, 7) is 1.01. The first kappa shape index (κ1) is 16.1. The lowest BCUT2D eigenvalue weighted by molar-refractivity contribution is 0.134. The van der Waals surface area contributed by atoms with Crippen LogP contribution in [0.2, 0.25) is 0 Å². The summed E-state index contributed by atoms with van der Waals surface area (Å²) in [6, 6.07) is 18.2. The van der Waals surface area contributed by atoms with E-state index in [0.29, 0.717) is 25.0 Å². The third-order valence-corrected chi connectivity index (χ3v) is 4.85. The Labute approximate surface area is 145 Å². The predicted octanol–water partition coefficient (Wildman–Crippen LogP) is 4.87. The third kappa shape index (κ3) is 4.58. The molecule has 0 heterocycles. The number of carbonyl (C=O) groups is 1. The number of alkyl carbamates (subject to hydrolysis) is 1. The highest BCUT2D eigenvalue weighted by Crippen LogP contribution is 2.41. The smallest absolute Gasteiger partial charge is 0.407 e. The molecule has 2 aromatic rings. The lowest BCUT2D eigenvalue weighted by Gasteiger charge is -2.35. The second-order valence-electron chi connectivity index (χ2n) is 6.03. The molecule has 0 aliphatic heterocycles. The average molecular weight is 374 g/mol. The summed E-state index contributed by atoms with van der Waals surface area (Å²) in [4.78, 5) is 11.7. The lowest BCUT2D eigenvalue weighted by atomic mass is 9.71. The molecule has 1 N–H and O–H groups in total. The Balaban J connectivity index is 1.34. The SMILES string of the molecule is O=C(NCC1CC(c2ccc(Br)cc2)C1)OCc1ccccc1. The molecule has 120 valence electrons. The second kappa shape index (κ2) is 7.64. The first-order chi connectivity index (χ1) is 11.2. The zero-order valence-electron chi connectivity index (χ0n) is 12.9. The summed E-state index contributed by atoms with van der Waals surface area (Å²) in [5.41, 5.74) is 2.39. The molecule has 0 saturated heterocycles. The minimum Gasteiger partial charge on any atom is -0.445 e. The minimum atomic E-state index is -0.332. The summed E-state index contributed by atoms with van der Waals surface area (Å²) in [5.74, 6) is 1.17. The quantitative estimate of drug-likeness (QED) is 0.811. The average Bonchev–Trinajstić information content (AvgIpc) is 2.54. The van der Waals surface area contributed by atoms with Crippen LogP contribution in [0.1, 0.15) is 29.9 Å². The number of hydrogen-bond acceptors (Lipinski definition) is 2. The fourth-order valence-corrected chi connectivity index (χ4v) is 3.18. The first-order valence-corrected chi connectivity index (χ1v) is 8.70. The summed E-state index contributed by atoms with van der Waals surface area (Å²) < 4.78 is 6.33. The molecule has 1 saturated carbocycles. The van der Waals surface area contributed by atoms with E-state index in [2.05, 4.69) is 45.5 Å². The molecular formula is C19H20BrNO2. The Morgan fingerprint density at radius 3 is 2.48 bits per heavy atom. The van der Waals surface area contributed by atoms with E-state index in [1.807, 2.05) is 30.3 Å². The highest BCUT2D eigenvalue weighted by molar-refractivity contribution is 9.10. The van der Waals surface area contributed by atoms with Crippen molar-refractivity contribution in [3.8, 4) is 0 Å². The Hall–Kier alpha value is -1.81. The predicted molar refractivity (Wildman–Crippen MR) is 94.2 cm³/mol. The number of carbonyl (C=O) groups excluding carboxylic acids is 1. The van der Waals surface area contributed by atoms with Crippen molar-refractivity contribution in [3.63, 3.8) is 0 Å². The van der Waals surface area contributed by atoms with Gasteiger partial charge in [0, 0.05) is 11.0 Å². The van der Waals surface area contributed by atoms with Crippen molar-refractivity contribution in [2.24, 2.45) is 5.92 Å². The van der Waals surface area contributed by atoms with Gasteiger partial charge in [-0.1, -0.05) is 58.4 Å². The normalized spacial score (nSPS) is 19.7. The van der Waals surface area contributed by atoms with Crippen LogP contribution in [-0.2, 0) is 11.3 Å². The molecule has 0 spiro atoms. The van der Waals surface area contributed by atoms with E-state index in [0.717, 1.165) is 22.9 Å². The molecule has 0 bridgehead atoms. The van der Waals surface area contributed by atoms with Crippen molar-refractivity contribution in [1.29, 1.82) is 0 Å². The van der Waals surface area contributed by atoms with Gasteiger partial charge < -0.3 is 10.1 Å². The highest BCUT2D eigenvalue weighted by atomic mass is 79.9. The zero-order chi connectivity index (χ0) is 16.1. The Bertz CT molecular complexity index is 636. The molecule has 0 radical (unpaired) electrons. The number of rotatable bonds is 5. The highest BCUT2D eigenvalue weighted by Gasteiger charge is 2.30. The van der Waals surface area contributed by atoms with Crippen molar-refractivity contribution in [2.75, 3.05) is 6.54 Å². The van der Waals surface area contributed by atoms with Crippen LogP contribution in [0.5, 0.6) is 0 Å². The van der Waals surface area contributed by atoms with E-state index in [1.165, 1.54) is 5.56 Å². The van der Waals surface area contributed by atoms with Crippen LogP contribution < -0.4 is 5.32 Å². The molecule has 1 fully saturated rings. The summed E-state index contributed by atoms with van der Waals surface area (Å²) in [7, 11) is 0. The Kier molecular flexibility index (Phi) is 5.34. The molecule has 23 heavy (non-hydrogen) atoms. The molecule has 1 amide bonds. The number of ether oxygens (including phenoxy) is 1. The number of nitrogens with one attached hydrogen (secondary N) is 1. The third-order valence-electron chi connectivity index (χ3n) is 4.32. The number of benzene rings is 2. The largest absolute Gasteiger partial charge is 0.445 e. The maximum Gasteiger partial charge on any atom is 0.407 e. The maximum atomic E-state index is 11.7. The van der Waals surface area contributed by atoms with Crippen LogP contribution in [0.3, 0.4) is 0 Å². The fraction of sp³-hybridized carbons (Fsp3) is 0.316. The van der Waals surface area contributed by atoms with Gasteiger partial charge in [-0.15, -0.1) is 0 Å². The van der Waals surface area contributed by atoms with Crippen LogP contribution in [0, 0.1) is 5.92 Å². The fourth-order valence-electron chi connectivity index (χ4n) is 2.91. The standard InChI is InChI=1S/C19H20BrNO2/c20-18-8-6-16(7-9-18)17-10-15(11-17)12-21-19(22)23-13-14-4-2-1-3-5-14/h1-9,15,17H,10-13H2,(H,21,22). The molecule has 1 aliphatic rings. The summed E-state index contributed by atoms with van der Waals surface area (Å²) >= 11 is 3.46. The molecule has 4 heteroatoms. The first-order valence-electron chi connectivity index (χ1n) is 7.90. The molecule has 2 aromatic carbocycles. The second-order valence-corrected chi connectivity index (χ2v) is 6.94. The van der Waals surface area contributed by atoms with E-state index >= 15 is 0 Å². The van der Waals surface area contributed by atoms with E-state index < -0.39 is 0 Å². The Morgan fingerprint density at radius 1 is 1.09 bits per heavy atom. The molecule has 0 aromatic heterocycles. The zero-order valence-corrected chi connectivity index (χ0v) is 14.5. The van der Waals surface area contributed by atoms with E-state index in [1.54, 1.807) is 0 Å². The molecule has 3 rings (SSSR count). The van der Waals surface area contributed by atoms with Gasteiger partial charge in [0.15, 0.2) is 0 Å². The van der Waals surface area contributed by atoms with Gasteiger partial charge in [-0.05, 0) is 47.9 Å². The van der Waals surface area contributed by atoms with Crippen molar-refractivity contribution in [3.05, 3.63) is 70.2 Å². The van der Waals surface area contributed by atoms with Crippen molar-refractivity contribution in [2.45, 2.75) is 25.4 Å². The van der Waals surface area contributed by atoms with Crippen molar-refractivity contribution < 1.29 is 9.53 Å². The number of amides is 1. The minimum absolute atomic E-state index is 0.318. The topological polar surface area (TPSA) is 38.3 Å². The number of hydrogen-bond donors (Lipinski definition) is 1. The summed E-state index contributed by atoms with van der Waals surface area (Å²) in [6.07, 6.45) is 1.92.